The topological polar surface area (TPSA) is 61.8 Å². The van der Waals surface area contributed by atoms with E-state index in [4.69, 9.17) is 9.47 Å². The van der Waals surface area contributed by atoms with Crippen LogP contribution in [-0.2, 0) is 23.8 Å². The van der Waals surface area contributed by atoms with Gasteiger partial charge in [0.1, 0.15) is 18.8 Å². The molecule has 1 fully saturated rings. The molecule has 0 aromatic rings. The van der Waals surface area contributed by atoms with Gasteiger partial charge in [-0.15, -0.1) is 11.1 Å². The monoisotopic (exact) mass is 346 g/mol. The second-order valence-electron chi connectivity index (χ2n) is 3.59. The van der Waals surface area contributed by atoms with Crippen molar-refractivity contribution in [3.8, 4) is 0 Å². The van der Waals surface area contributed by atoms with E-state index in [-0.39, 0.29) is 13.2 Å². The van der Waals surface area contributed by atoms with Gasteiger partial charge in [-0.3, -0.25) is 9.59 Å². The summed E-state index contributed by atoms with van der Waals surface area (Å²) in [7, 11) is 0. The minimum Gasteiger partial charge on any atom is -0.463 e. The molecule has 1 aliphatic rings. The Balaban J connectivity index is 0.00000137. The van der Waals surface area contributed by atoms with Crippen molar-refractivity contribution >= 4 is 37.8 Å². The number of hydrogen-bond acceptors (Lipinski definition) is 6. The average molecular weight is 347 g/mol. The summed E-state index contributed by atoms with van der Waals surface area (Å²) in [4.78, 5) is 21.3. The van der Waals surface area contributed by atoms with Gasteiger partial charge in [-0.05, 0) is 14.8 Å². The Kier molecular flexibility index (Phi) is 9.39. The van der Waals surface area contributed by atoms with Crippen molar-refractivity contribution in [3.05, 3.63) is 0 Å². The normalized spacial score (nSPS) is 26.6. The molecule has 3 atom stereocenters. The number of halogens is 2. The van der Waals surface area contributed by atoms with Crippen molar-refractivity contribution in [1.29, 1.82) is 0 Å². The van der Waals surface area contributed by atoms with Crippen molar-refractivity contribution in [2.75, 3.05) is 13.2 Å². The van der Waals surface area contributed by atoms with Crippen LogP contribution in [0, 0.1) is 0 Å². The van der Waals surface area contributed by atoms with Crippen molar-refractivity contribution in [3.63, 3.8) is 0 Å². The standard InChI is InChI=1S/C10H15FO5.BrHS/c1-6(12)15-5-9-10(11)8(3-4-14-9)16-7(2)13;1-2/h8-10H,3-5H2,1-2H3;2H. The van der Waals surface area contributed by atoms with Gasteiger partial charge < -0.3 is 14.2 Å². The second-order valence-corrected chi connectivity index (χ2v) is 3.59. The van der Waals surface area contributed by atoms with Crippen molar-refractivity contribution < 1.29 is 28.2 Å². The molecule has 1 rings (SSSR count). The number of carbonyl (C=O) groups is 2. The van der Waals surface area contributed by atoms with E-state index in [1.54, 1.807) is 0 Å². The fraction of sp³-hybridized carbons (Fsp3) is 0.800. The summed E-state index contributed by atoms with van der Waals surface area (Å²) in [5.74, 6) is -1.02. The van der Waals surface area contributed by atoms with Gasteiger partial charge in [0.05, 0.1) is 6.61 Å². The number of thiol groups is 1. The van der Waals surface area contributed by atoms with E-state index in [0.29, 0.717) is 6.42 Å². The maximum atomic E-state index is 13.7. The van der Waals surface area contributed by atoms with Gasteiger partial charge in [-0.25, -0.2) is 4.39 Å². The minimum absolute atomic E-state index is 0.158. The van der Waals surface area contributed by atoms with Crippen LogP contribution in [0.5, 0.6) is 0 Å². The van der Waals surface area contributed by atoms with Gasteiger partial charge in [0.15, 0.2) is 6.17 Å². The zero-order valence-corrected chi connectivity index (χ0v) is 12.6. The molecule has 0 saturated carbocycles. The van der Waals surface area contributed by atoms with Crippen LogP contribution in [0.3, 0.4) is 0 Å². The van der Waals surface area contributed by atoms with Crippen LogP contribution in [0.15, 0.2) is 0 Å². The third-order valence-corrected chi connectivity index (χ3v) is 2.21. The van der Waals surface area contributed by atoms with E-state index in [0.717, 1.165) is 0 Å². The Morgan fingerprint density at radius 2 is 2.00 bits per heavy atom. The fourth-order valence-corrected chi connectivity index (χ4v) is 1.50. The first-order chi connectivity index (χ1) is 8.50. The lowest BCUT2D eigenvalue weighted by Crippen LogP contribution is -2.46. The number of hydrogen-bond donors (Lipinski definition) is 1. The van der Waals surface area contributed by atoms with Crippen LogP contribution in [0.25, 0.3) is 0 Å². The highest BCUT2D eigenvalue weighted by molar-refractivity contribution is 9.46. The number of carbonyl (C=O) groups excluding carboxylic acids is 2. The second kappa shape index (κ2) is 9.57. The first-order valence-corrected chi connectivity index (χ1v) is 7.70. The zero-order chi connectivity index (χ0) is 14.1. The summed E-state index contributed by atoms with van der Waals surface area (Å²) in [6, 6.07) is 0. The van der Waals surface area contributed by atoms with Crippen LogP contribution in [0.4, 0.5) is 4.39 Å². The minimum atomic E-state index is -1.46. The predicted octanol–water partition coefficient (Wildman–Crippen LogP) is 1.83. The quantitative estimate of drug-likeness (QED) is 0.624. The largest absolute Gasteiger partial charge is 0.463 e. The van der Waals surface area contributed by atoms with E-state index in [1.165, 1.54) is 13.8 Å². The smallest absolute Gasteiger partial charge is 0.303 e. The van der Waals surface area contributed by atoms with Gasteiger partial charge in [0.2, 0.25) is 0 Å². The predicted molar refractivity (Wildman–Crippen MR) is 69.4 cm³/mol. The lowest BCUT2D eigenvalue weighted by molar-refractivity contribution is -0.174. The molecule has 8 heteroatoms. The number of esters is 2. The number of alkyl halides is 1. The molecular formula is C10H16BrFO5S. The zero-order valence-electron chi connectivity index (χ0n) is 10.1. The molecular weight excluding hydrogens is 331 g/mol. The van der Waals surface area contributed by atoms with E-state index in [9.17, 15) is 14.0 Å². The molecule has 0 aromatic heterocycles. The number of rotatable bonds is 3. The summed E-state index contributed by atoms with van der Waals surface area (Å²) in [6.07, 6.45) is -2.82. The summed E-state index contributed by atoms with van der Waals surface area (Å²) < 4.78 is 28.3. The number of ether oxygens (including phenoxy) is 3. The van der Waals surface area contributed by atoms with Gasteiger partial charge in [-0.2, -0.15) is 0 Å². The molecule has 5 nitrogen and oxygen atoms in total. The van der Waals surface area contributed by atoms with Gasteiger partial charge in [0.25, 0.3) is 0 Å². The molecule has 1 heterocycles. The SMILES string of the molecule is CC(=O)OCC1OCCC(OC(C)=O)C1F.SBr. The Bertz CT molecular complexity index is 279. The first-order valence-electron chi connectivity index (χ1n) is 5.24. The molecule has 1 saturated heterocycles. The Morgan fingerprint density at radius 1 is 1.39 bits per heavy atom. The highest BCUT2D eigenvalue weighted by Gasteiger charge is 2.37. The van der Waals surface area contributed by atoms with Gasteiger partial charge in [-0.1, -0.05) is 0 Å². The van der Waals surface area contributed by atoms with Crippen molar-refractivity contribution in [2.24, 2.45) is 0 Å². The third kappa shape index (κ3) is 6.55. The lowest BCUT2D eigenvalue weighted by atomic mass is 10.0. The first kappa shape index (κ1) is 17.7. The van der Waals surface area contributed by atoms with Crippen LogP contribution in [0.2, 0.25) is 0 Å². The molecule has 0 bridgehead atoms. The average Bonchev–Trinajstić information content (AvgIpc) is 2.32. The van der Waals surface area contributed by atoms with Crippen LogP contribution in [-0.4, -0.2) is 43.5 Å². The molecule has 3 unspecified atom stereocenters. The lowest BCUT2D eigenvalue weighted by Gasteiger charge is -2.32. The van der Waals surface area contributed by atoms with E-state index >= 15 is 0 Å². The van der Waals surface area contributed by atoms with Crippen LogP contribution < -0.4 is 0 Å². The summed E-state index contributed by atoms with van der Waals surface area (Å²) >= 11 is 5.97. The van der Waals surface area contributed by atoms with Gasteiger partial charge in [0, 0.05) is 20.3 Å². The fourth-order valence-electron chi connectivity index (χ4n) is 1.50. The maximum Gasteiger partial charge on any atom is 0.303 e. The van der Waals surface area contributed by atoms with Crippen LogP contribution >= 0.6 is 25.9 Å². The molecule has 0 spiro atoms. The summed E-state index contributed by atoms with van der Waals surface area (Å²) in [5, 5.41) is 0. The Hall–Kier alpha value is -0.340. The molecule has 1 aliphatic heterocycles. The van der Waals surface area contributed by atoms with E-state index in [2.05, 4.69) is 30.6 Å². The molecule has 0 aliphatic carbocycles. The molecule has 0 N–H and O–H groups in total. The molecule has 0 amide bonds. The highest BCUT2D eigenvalue weighted by Crippen LogP contribution is 2.21. The third-order valence-electron chi connectivity index (χ3n) is 2.21. The van der Waals surface area contributed by atoms with Crippen LogP contribution in [0.1, 0.15) is 20.3 Å². The van der Waals surface area contributed by atoms with Crippen molar-refractivity contribution in [1.82, 2.24) is 0 Å². The maximum absolute atomic E-state index is 13.7. The molecule has 0 aromatic carbocycles. The molecule has 106 valence electrons. The summed E-state index contributed by atoms with van der Waals surface area (Å²) in [6.45, 7) is 2.58. The van der Waals surface area contributed by atoms with Gasteiger partial charge >= 0.3 is 11.9 Å². The van der Waals surface area contributed by atoms with E-state index in [1.807, 2.05) is 0 Å². The highest BCUT2D eigenvalue weighted by atomic mass is 79.9. The van der Waals surface area contributed by atoms with Crippen molar-refractivity contribution in [2.45, 2.75) is 38.6 Å². The summed E-state index contributed by atoms with van der Waals surface area (Å²) in [5.41, 5.74) is 0. The van der Waals surface area contributed by atoms with E-state index < -0.39 is 30.3 Å². The Labute approximate surface area is 118 Å². The molecule has 18 heavy (non-hydrogen) atoms. The Morgan fingerprint density at radius 3 is 2.50 bits per heavy atom. The molecule has 0 radical (unpaired) electrons.